The first-order valence-electron chi connectivity index (χ1n) is 7.64. The summed E-state index contributed by atoms with van der Waals surface area (Å²) >= 11 is 5.97. The fourth-order valence-electron chi connectivity index (χ4n) is 2.71. The molecule has 0 unspecified atom stereocenters. The van der Waals surface area contributed by atoms with Gasteiger partial charge < -0.3 is 14.2 Å². The van der Waals surface area contributed by atoms with E-state index in [-0.39, 0.29) is 11.0 Å². The molecule has 0 saturated carbocycles. The summed E-state index contributed by atoms with van der Waals surface area (Å²) in [6, 6.07) is 9.96. The number of anilines is 2. The van der Waals surface area contributed by atoms with Gasteiger partial charge in [-0.05, 0) is 36.4 Å². The third-order valence-electron chi connectivity index (χ3n) is 3.94. The molecule has 7 heteroatoms. The Morgan fingerprint density at radius 3 is 2.24 bits per heavy atom. The van der Waals surface area contributed by atoms with Gasteiger partial charge in [0.1, 0.15) is 5.58 Å². The van der Waals surface area contributed by atoms with Crippen LogP contribution in [0.3, 0.4) is 0 Å². The van der Waals surface area contributed by atoms with Crippen LogP contribution in [-0.2, 0) is 0 Å². The molecule has 0 saturated heterocycles. The molecule has 0 spiro atoms. The van der Waals surface area contributed by atoms with Gasteiger partial charge in [-0.2, -0.15) is 0 Å². The first-order chi connectivity index (χ1) is 11.8. The van der Waals surface area contributed by atoms with E-state index in [0.717, 1.165) is 15.9 Å². The second-order valence-electron chi connectivity index (χ2n) is 6.11. The number of fused-ring (bicyclic) bond motifs is 1. The highest BCUT2D eigenvalue weighted by molar-refractivity contribution is 6.31. The van der Waals surface area contributed by atoms with Gasteiger partial charge in [0.05, 0.1) is 22.4 Å². The number of hydrogen-bond donors (Lipinski definition) is 0. The summed E-state index contributed by atoms with van der Waals surface area (Å²) < 4.78 is 6.30. The minimum Gasteiger partial charge on any atom is -0.409 e. The Morgan fingerprint density at radius 1 is 0.920 bits per heavy atom. The lowest BCUT2D eigenvalue weighted by molar-refractivity contribution is 0.504. The zero-order valence-electron chi connectivity index (χ0n) is 14.4. The molecule has 25 heavy (non-hydrogen) atoms. The molecule has 0 radical (unpaired) electrons. The number of benzene rings is 2. The molecule has 0 aliphatic heterocycles. The fourth-order valence-corrected chi connectivity index (χ4v) is 2.88. The van der Waals surface area contributed by atoms with Crippen molar-refractivity contribution in [3.63, 3.8) is 0 Å². The summed E-state index contributed by atoms with van der Waals surface area (Å²) in [4.78, 5) is 29.1. The van der Waals surface area contributed by atoms with Gasteiger partial charge >= 0.3 is 5.76 Å². The molecule has 0 atom stereocenters. The topological polar surface area (TPSA) is 58.7 Å². The SMILES string of the molecule is CN(C)c1ccc(-n2c(=O)oc3ccc(Cl)cc3c2=O)cc1N(C)C. The molecule has 0 N–H and O–H groups in total. The maximum absolute atomic E-state index is 12.8. The Hall–Kier alpha value is -2.73. The standard InChI is InChI=1S/C18H18ClN3O3/c1-20(2)14-7-6-12(10-15(14)21(3)4)22-17(23)13-9-11(19)5-8-16(13)25-18(22)24/h5-10H,1-4H3. The zero-order valence-corrected chi connectivity index (χ0v) is 15.2. The summed E-state index contributed by atoms with van der Waals surface area (Å²) in [5, 5.41) is 0.664. The number of aromatic nitrogens is 1. The summed E-state index contributed by atoms with van der Waals surface area (Å²) in [5.74, 6) is -0.734. The monoisotopic (exact) mass is 359 g/mol. The molecular formula is C18H18ClN3O3. The Balaban J connectivity index is 2.32. The van der Waals surface area contributed by atoms with Crippen LogP contribution < -0.4 is 21.1 Å². The first-order valence-corrected chi connectivity index (χ1v) is 8.02. The van der Waals surface area contributed by atoms with Crippen molar-refractivity contribution in [1.29, 1.82) is 0 Å². The van der Waals surface area contributed by atoms with E-state index in [4.69, 9.17) is 16.0 Å². The van der Waals surface area contributed by atoms with Crippen LogP contribution in [0, 0.1) is 0 Å². The molecule has 2 aromatic carbocycles. The predicted octanol–water partition coefficient (Wildman–Crippen LogP) is 2.73. The number of rotatable bonds is 3. The molecule has 1 aromatic heterocycles. The zero-order chi connectivity index (χ0) is 18.3. The maximum Gasteiger partial charge on any atom is 0.426 e. The highest BCUT2D eigenvalue weighted by Crippen LogP contribution is 2.28. The minimum atomic E-state index is -0.734. The molecule has 6 nitrogen and oxygen atoms in total. The summed E-state index contributed by atoms with van der Waals surface area (Å²) in [6.45, 7) is 0. The third-order valence-corrected chi connectivity index (χ3v) is 4.17. The van der Waals surface area contributed by atoms with Crippen LogP contribution in [0.1, 0.15) is 0 Å². The highest BCUT2D eigenvalue weighted by Gasteiger charge is 2.15. The Morgan fingerprint density at radius 2 is 1.60 bits per heavy atom. The van der Waals surface area contributed by atoms with Crippen LogP contribution in [0.4, 0.5) is 11.4 Å². The first kappa shape index (κ1) is 17.1. The smallest absolute Gasteiger partial charge is 0.409 e. The Kier molecular flexibility index (Phi) is 4.30. The van der Waals surface area contributed by atoms with E-state index in [9.17, 15) is 9.59 Å². The molecular weight excluding hydrogens is 342 g/mol. The van der Waals surface area contributed by atoms with E-state index in [1.165, 1.54) is 12.1 Å². The normalized spacial score (nSPS) is 10.9. The average Bonchev–Trinajstić information content (AvgIpc) is 2.55. The largest absolute Gasteiger partial charge is 0.426 e. The van der Waals surface area contributed by atoms with E-state index in [1.807, 2.05) is 44.1 Å². The second-order valence-corrected chi connectivity index (χ2v) is 6.55. The molecule has 0 aliphatic carbocycles. The van der Waals surface area contributed by atoms with Crippen LogP contribution in [0.15, 0.2) is 50.4 Å². The molecule has 0 aliphatic rings. The van der Waals surface area contributed by atoms with Gasteiger partial charge in [-0.25, -0.2) is 9.36 Å². The van der Waals surface area contributed by atoms with Crippen molar-refractivity contribution < 1.29 is 4.42 Å². The van der Waals surface area contributed by atoms with Crippen molar-refractivity contribution in [2.45, 2.75) is 0 Å². The Bertz CT molecular complexity index is 1070. The number of nitrogens with zero attached hydrogens (tertiary/aromatic N) is 3. The molecule has 0 amide bonds. The van der Waals surface area contributed by atoms with Crippen molar-refractivity contribution in [2.24, 2.45) is 0 Å². The molecule has 3 rings (SSSR count). The van der Waals surface area contributed by atoms with Crippen molar-refractivity contribution in [1.82, 2.24) is 4.57 Å². The van der Waals surface area contributed by atoms with Gasteiger partial charge in [-0.3, -0.25) is 4.79 Å². The van der Waals surface area contributed by atoms with Crippen LogP contribution in [0.5, 0.6) is 0 Å². The summed E-state index contributed by atoms with van der Waals surface area (Å²) in [7, 11) is 7.66. The predicted molar refractivity (Wildman–Crippen MR) is 102 cm³/mol. The summed E-state index contributed by atoms with van der Waals surface area (Å²) in [6.07, 6.45) is 0. The molecule has 3 aromatic rings. The lowest BCUT2D eigenvalue weighted by Gasteiger charge is -2.23. The van der Waals surface area contributed by atoms with Gasteiger partial charge in [0.2, 0.25) is 0 Å². The van der Waals surface area contributed by atoms with E-state index in [0.29, 0.717) is 10.7 Å². The highest BCUT2D eigenvalue weighted by atomic mass is 35.5. The lowest BCUT2D eigenvalue weighted by Crippen LogP contribution is -2.31. The lowest BCUT2D eigenvalue weighted by atomic mass is 10.2. The second kappa shape index (κ2) is 6.29. The average molecular weight is 360 g/mol. The van der Waals surface area contributed by atoms with Gasteiger partial charge in [0.25, 0.3) is 5.56 Å². The number of halogens is 1. The van der Waals surface area contributed by atoms with Crippen LogP contribution >= 0.6 is 11.6 Å². The van der Waals surface area contributed by atoms with E-state index in [1.54, 1.807) is 18.2 Å². The van der Waals surface area contributed by atoms with Gasteiger partial charge in [0, 0.05) is 33.2 Å². The summed E-state index contributed by atoms with van der Waals surface area (Å²) in [5.41, 5.74) is 2.04. The quantitative estimate of drug-likeness (QED) is 0.719. The van der Waals surface area contributed by atoms with E-state index < -0.39 is 11.3 Å². The van der Waals surface area contributed by atoms with Crippen LogP contribution in [-0.4, -0.2) is 32.8 Å². The Labute approximate surface area is 149 Å². The minimum absolute atomic E-state index is 0.216. The fraction of sp³-hybridized carbons (Fsp3) is 0.222. The van der Waals surface area contributed by atoms with Crippen LogP contribution in [0.25, 0.3) is 16.7 Å². The third kappa shape index (κ3) is 3.00. The van der Waals surface area contributed by atoms with Gasteiger partial charge in [0.15, 0.2) is 0 Å². The van der Waals surface area contributed by atoms with Crippen LogP contribution in [0.2, 0.25) is 5.02 Å². The van der Waals surface area contributed by atoms with Gasteiger partial charge in [-0.15, -0.1) is 0 Å². The molecule has 1 heterocycles. The van der Waals surface area contributed by atoms with E-state index >= 15 is 0 Å². The van der Waals surface area contributed by atoms with E-state index in [2.05, 4.69) is 0 Å². The van der Waals surface area contributed by atoms with Crippen molar-refractivity contribution >= 4 is 33.9 Å². The molecule has 130 valence electrons. The van der Waals surface area contributed by atoms with Crippen molar-refractivity contribution in [3.8, 4) is 5.69 Å². The maximum atomic E-state index is 12.8. The molecule has 0 bridgehead atoms. The number of hydrogen-bond acceptors (Lipinski definition) is 5. The van der Waals surface area contributed by atoms with Crippen molar-refractivity contribution in [3.05, 3.63) is 62.3 Å². The van der Waals surface area contributed by atoms with Gasteiger partial charge in [-0.1, -0.05) is 11.6 Å². The van der Waals surface area contributed by atoms with Crippen molar-refractivity contribution in [2.75, 3.05) is 38.0 Å². The molecule has 0 fully saturated rings.